The molecule has 0 saturated carbocycles. The largest absolute Gasteiger partial charge is 0.486 e. The van der Waals surface area contributed by atoms with Crippen LogP contribution in [0, 0.1) is 0 Å². The first-order chi connectivity index (χ1) is 15.1. The number of benzene rings is 2. The molecule has 1 amide bonds. The van der Waals surface area contributed by atoms with Gasteiger partial charge in [-0.15, -0.1) is 0 Å². The van der Waals surface area contributed by atoms with Gasteiger partial charge in [-0.05, 0) is 31.2 Å². The Kier molecular flexibility index (Phi) is 6.21. The lowest BCUT2D eigenvalue weighted by Gasteiger charge is -2.19. The number of carbonyl (C=O) groups excluding carboxylic acids is 2. The molecule has 1 aliphatic rings. The van der Waals surface area contributed by atoms with Gasteiger partial charge in [0.15, 0.2) is 17.6 Å². The van der Waals surface area contributed by atoms with Crippen LogP contribution in [0.3, 0.4) is 0 Å². The monoisotopic (exact) mass is 421 g/mol. The maximum Gasteiger partial charge on any atom is 0.307 e. The van der Waals surface area contributed by atoms with Crippen LogP contribution in [0.15, 0.2) is 65.1 Å². The predicted molar refractivity (Wildman–Crippen MR) is 114 cm³/mol. The third-order valence-corrected chi connectivity index (χ3v) is 4.78. The molecule has 1 unspecified atom stereocenters. The van der Waals surface area contributed by atoms with Gasteiger partial charge in [-0.1, -0.05) is 30.3 Å². The Hall–Kier alpha value is -3.74. The van der Waals surface area contributed by atoms with Gasteiger partial charge < -0.3 is 23.9 Å². The summed E-state index contributed by atoms with van der Waals surface area (Å²) in [6, 6.07) is 18.6. The molecule has 2 aromatic carbocycles. The molecule has 7 heteroatoms. The average Bonchev–Trinajstić information content (AvgIpc) is 3.27. The zero-order valence-corrected chi connectivity index (χ0v) is 17.1. The van der Waals surface area contributed by atoms with Crippen LogP contribution in [-0.2, 0) is 20.7 Å². The Morgan fingerprint density at radius 3 is 2.58 bits per heavy atom. The molecule has 0 spiro atoms. The van der Waals surface area contributed by atoms with Crippen LogP contribution < -0.4 is 14.8 Å². The Bertz CT molecular complexity index is 1060. The summed E-state index contributed by atoms with van der Waals surface area (Å²) in [5.41, 5.74) is 1.52. The Morgan fingerprint density at radius 1 is 1.00 bits per heavy atom. The van der Waals surface area contributed by atoms with Crippen molar-refractivity contribution in [3.8, 4) is 22.8 Å². The number of rotatable bonds is 7. The second kappa shape index (κ2) is 9.38. The van der Waals surface area contributed by atoms with E-state index in [4.69, 9.17) is 18.6 Å². The minimum absolute atomic E-state index is 0.114. The van der Waals surface area contributed by atoms with E-state index in [1.54, 1.807) is 18.2 Å². The molecule has 0 saturated heterocycles. The average molecular weight is 421 g/mol. The van der Waals surface area contributed by atoms with E-state index < -0.39 is 18.0 Å². The summed E-state index contributed by atoms with van der Waals surface area (Å²) in [5.74, 6) is 1.75. The smallest absolute Gasteiger partial charge is 0.307 e. The number of hydrogen-bond acceptors (Lipinski definition) is 6. The minimum Gasteiger partial charge on any atom is -0.486 e. The highest BCUT2D eigenvalue weighted by Gasteiger charge is 2.20. The molecule has 0 aliphatic carbocycles. The summed E-state index contributed by atoms with van der Waals surface area (Å²) < 4.78 is 22.0. The molecule has 2 heterocycles. The molecule has 4 rings (SSSR count). The Morgan fingerprint density at radius 2 is 1.77 bits per heavy atom. The highest BCUT2D eigenvalue weighted by Crippen LogP contribution is 2.32. The van der Waals surface area contributed by atoms with Crippen molar-refractivity contribution in [2.24, 2.45) is 0 Å². The van der Waals surface area contributed by atoms with Crippen molar-refractivity contribution in [3.63, 3.8) is 0 Å². The van der Waals surface area contributed by atoms with Crippen molar-refractivity contribution in [1.82, 2.24) is 0 Å². The topological polar surface area (TPSA) is 87.0 Å². The quantitative estimate of drug-likeness (QED) is 0.575. The number of hydrogen-bond donors (Lipinski definition) is 1. The van der Waals surface area contributed by atoms with Gasteiger partial charge in [-0.2, -0.15) is 0 Å². The number of carbonyl (C=O) groups is 2. The number of nitrogens with one attached hydrogen (secondary N) is 1. The van der Waals surface area contributed by atoms with Gasteiger partial charge in [0.05, 0.1) is 6.42 Å². The zero-order valence-electron chi connectivity index (χ0n) is 17.1. The first kappa shape index (κ1) is 20.5. The van der Waals surface area contributed by atoms with Gasteiger partial charge in [-0.25, -0.2) is 0 Å². The van der Waals surface area contributed by atoms with Crippen LogP contribution in [0.5, 0.6) is 11.5 Å². The van der Waals surface area contributed by atoms with Crippen LogP contribution in [0.2, 0.25) is 0 Å². The molecule has 160 valence electrons. The molecule has 1 aliphatic heterocycles. The van der Waals surface area contributed by atoms with Gasteiger partial charge in [0.2, 0.25) is 0 Å². The van der Waals surface area contributed by atoms with Crippen molar-refractivity contribution in [2.45, 2.75) is 25.9 Å². The number of fused-ring (bicyclic) bond motifs is 1. The van der Waals surface area contributed by atoms with Crippen molar-refractivity contribution in [3.05, 3.63) is 66.4 Å². The van der Waals surface area contributed by atoms with Crippen LogP contribution in [0.1, 0.15) is 19.1 Å². The SMILES string of the molecule is CC(OC(=O)CCc1ccc(-c2ccccc2)o1)C(=O)Nc1ccc2c(c1)OCCO2. The lowest BCUT2D eigenvalue weighted by atomic mass is 10.2. The number of esters is 1. The summed E-state index contributed by atoms with van der Waals surface area (Å²) in [6.45, 7) is 2.49. The summed E-state index contributed by atoms with van der Waals surface area (Å²) in [6.07, 6.45) is -0.428. The lowest BCUT2D eigenvalue weighted by Crippen LogP contribution is -2.30. The highest BCUT2D eigenvalue weighted by molar-refractivity contribution is 5.95. The van der Waals surface area contributed by atoms with Gasteiger partial charge in [0.25, 0.3) is 5.91 Å². The van der Waals surface area contributed by atoms with Crippen LogP contribution in [0.25, 0.3) is 11.3 Å². The molecule has 0 fully saturated rings. The number of furan rings is 1. The molecule has 1 atom stereocenters. The third-order valence-electron chi connectivity index (χ3n) is 4.78. The van der Waals surface area contributed by atoms with Crippen LogP contribution in [0.4, 0.5) is 5.69 Å². The number of anilines is 1. The molecule has 31 heavy (non-hydrogen) atoms. The molecule has 1 aromatic heterocycles. The fourth-order valence-electron chi connectivity index (χ4n) is 3.17. The lowest BCUT2D eigenvalue weighted by molar-refractivity contribution is -0.153. The summed E-state index contributed by atoms with van der Waals surface area (Å²) in [5, 5.41) is 2.72. The maximum atomic E-state index is 12.4. The number of aryl methyl sites for hydroxylation is 1. The van der Waals surface area contributed by atoms with E-state index in [2.05, 4.69) is 5.32 Å². The van der Waals surface area contributed by atoms with E-state index in [0.717, 1.165) is 11.3 Å². The van der Waals surface area contributed by atoms with Crippen LogP contribution >= 0.6 is 0 Å². The van der Waals surface area contributed by atoms with Crippen molar-refractivity contribution in [2.75, 3.05) is 18.5 Å². The van der Waals surface area contributed by atoms with Crippen molar-refractivity contribution in [1.29, 1.82) is 0 Å². The van der Waals surface area contributed by atoms with Crippen molar-refractivity contribution >= 4 is 17.6 Å². The van der Waals surface area contributed by atoms with Gasteiger partial charge >= 0.3 is 5.97 Å². The molecular weight excluding hydrogens is 398 g/mol. The Labute approximate surface area is 179 Å². The summed E-state index contributed by atoms with van der Waals surface area (Å²) in [4.78, 5) is 24.5. The van der Waals surface area contributed by atoms with E-state index in [-0.39, 0.29) is 6.42 Å². The van der Waals surface area contributed by atoms with Crippen LogP contribution in [-0.4, -0.2) is 31.2 Å². The summed E-state index contributed by atoms with van der Waals surface area (Å²) in [7, 11) is 0. The Balaban J connectivity index is 1.26. The molecule has 1 N–H and O–H groups in total. The van der Waals surface area contributed by atoms with Gasteiger partial charge in [0, 0.05) is 23.7 Å². The second-order valence-corrected chi connectivity index (χ2v) is 7.11. The predicted octanol–water partition coefficient (Wildman–Crippen LogP) is 4.22. The molecule has 7 nitrogen and oxygen atoms in total. The fourth-order valence-corrected chi connectivity index (χ4v) is 3.17. The molecule has 0 bridgehead atoms. The minimum atomic E-state index is -0.933. The maximum absolute atomic E-state index is 12.4. The highest BCUT2D eigenvalue weighted by atomic mass is 16.6. The van der Waals surface area contributed by atoms with E-state index in [9.17, 15) is 9.59 Å². The van der Waals surface area contributed by atoms with Gasteiger partial charge in [0.1, 0.15) is 24.7 Å². The third kappa shape index (κ3) is 5.25. The number of amides is 1. The number of ether oxygens (including phenoxy) is 3. The standard InChI is InChI=1S/C24H23NO6/c1-16(24(27)25-18-7-10-21-22(15-18)29-14-13-28-21)30-23(26)12-9-19-8-11-20(31-19)17-5-3-2-4-6-17/h2-8,10-11,15-16H,9,12-14H2,1H3,(H,25,27). The fraction of sp³-hybridized carbons (Fsp3) is 0.250. The second-order valence-electron chi connectivity index (χ2n) is 7.11. The first-order valence-electron chi connectivity index (χ1n) is 10.1. The molecule has 0 radical (unpaired) electrons. The van der Waals surface area contributed by atoms with E-state index in [1.165, 1.54) is 6.92 Å². The van der Waals surface area contributed by atoms with Gasteiger partial charge in [-0.3, -0.25) is 9.59 Å². The zero-order chi connectivity index (χ0) is 21.6. The summed E-state index contributed by atoms with van der Waals surface area (Å²) >= 11 is 0. The first-order valence-corrected chi connectivity index (χ1v) is 10.1. The normalized spacial score (nSPS) is 13.3. The van der Waals surface area contributed by atoms with E-state index in [0.29, 0.717) is 42.6 Å². The molecular formula is C24H23NO6. The van der Waals surface area contributed by atoms with Crippen molar-refractivity contribution < 1.29 is 28.2 Å². The molecule has 3 aromatic rings. The van der Waals surface area contributed by atoms with E-state index >= 15 is 0 Å². The van der Waals surface area contributed by atoms with E-state index in [1.807, 2.05) is 42.5 Å².